The van der Waals surface area contributed by atoms with E-state index in [1.54, 1.807) is 37.6 Å². The monoisotopic (exact) mass is 409 g/mol. The van der Waals surface area contributed by atoms with Crippen molar-refractivity contribution in [2.24, 2.45) is 0 Å². The van der Waals surface area contributed by atoms with E-state index >= 15 is 0 Å². The Balaban J connectivity index is 1.56. The lowest BCUT2D eigenvalue weighted by Crippen LogP contribution is -2.49. The van der Waals surface area contributed by atoms with Crippen molar-refractivity contribution in [1.29, 1.82) is 0 Å². The van der Waals surface area contributed by atoms with Crippen molar-refractivity contribution in [3.8, 4) is 11.3 Å². The number of nitrogens with zero attached hydrogens (tertiary/aromatic N) is 5. The Morgan fingerprint density at radius 3 is 2.59 bits per heavy atom. The molecule has 4 heterocycles. The Labute approximate surface area is 168 Å². The lowest BCUT2D eigenvalue weighted by atomic mass is 9.81. The second kappa shape index (κ2) is 6.57. The number of aromatic nitrogens is 4. The number of rotatable bonds is 4. The van der Waals surface area contributed by atoms with Crippen molar-refractivity contribution in [2.75, 3.05) is 30.4 Å². The van der Waals surface area contributed by atoms with Gasteiger partial charge in [-0.25, -0.2) is 18.4 Å². The molecule has 2 aliphatic rings. The van der Waals surface area contributed by atoms with Crippen molar-refractivity contribution in [3.05, 3.63) is 54.5 Å². The SMILES string of the molecule is CCS(=O)(=O)c1ccc2c(c1)N(c1ncc(-c3cccnn3)cn1)CC21COC1. The predicted octanol–water partition coefficient (Wildman–Crippen LogP) is 2.15. The van der Waals surface area contributed by atoms with Gasteiger partial charge in [0.2, 0.25) is 5.95 Å². The summed E-state index contributed by atoms with van der Waals surface area (Å²) in [5.41, 5.74) is 3.23. The normalized spacial score (nSPS) is 17.2. The largest absolute Gasteiger partial charge is 0.379 e. The molecule has 8 nitrogen and oxygen atoms in total. The summed E-state index contributed by atoms with van der Waals surface area (Å²) in [6.45, 7) is 3.51. The van der Waals surface area contributed by atoms with Crippen molar-refractivity contribution >= 4 is 21.5 Å². The molecule has 0 radical (unpaired) electrons. The van der Waals surface area contributed by atoms with E-state index in [9.17, 15) is 8.42 Å². The van der Waals surface area contributed by atoms with E-state index in [1.807, 2.05) is 23.1 Å². The number of hydrogen-bond donors (Lipinski definition) is 0. The van der Waals surface area contributed by atoms with Crippen molar-refractivity contribution < 1.29 is 13.2 Å². The molecule has 2 aromatic heterocycles. The number of hydrogen-bond acceptors (Lipinski definition) is 8. The maximum absolute atomic E-state index is 12.4. The van der Waals surface area contributed by atoms with Gasteiger partial charge in [-0.3, -0.25) is 0 Å². The van der Waals surface area contributed by atoms with Gasteiger partial charge in [0.05, 0.1) is 35.0 Å². The number of anilines is 2. The molecule has 0 saturated carbocycles. The highest BCUT2D eigenvalue weighted by Gasteiger charge is 2.49. The summed E-state index contributed by atoms with van der Waals surface area (Å²) in [5.74, 6) is 0.581. The Kier molecular flexibility index (Phi) is 4.11. The van der Waals surface area contributed by atoms with Gasteiger partial charge in [-0.15, -0.1) is 0 Å². The van der Waals surface area contributed by atoms with Crippen LogP contribution in [0.4, 0.5) is 11.6 Å². The molecule has 29 heavy (non-hydrogen) atoms. The average molecular weight is 409 g/mol. The van der Waals surface area contributed by atoms with Gasteiger partial charge in [-0.1, -0.05) is 13.0 Å². The Morgan fingerprint density at radius 1 is 1.17 bits per heavy atom. The fraction of sp³-hybridized carbons (Fsp3) is 0.300. The second-order valence-corrected chi connectivity index (χ2v) is 9.60. The highest BCUT2D eigenvalue weighted by molar-refractivity contribution is 7.91. The van der Waals surface area contributed by atoms with E-state index in [2.05, 4.69) is 20.2 Å². The molecule has 1 aromatic carbocycles. The molecule has 3 aromatic rings. The van der Waals surface area contributed by atoms with Crippen LogP contribution < -0.4 is 4.90 Å². The molecule has 0 amide bonds. The molecular weight excluding hydrogens is 390 g/mol. The van der Waals surface area contributed by atoms with E-state index in [1.165, 1.54) is 0 Å². The van der Waals surface area contributed by atoms with Crippen molar-refractivity contribution in [2.45, 2.75) is 17.2 Å². The topological polar surface area (TPSA) is 98.2 Å². The van der Waals surface area contributed by atoms with Crippen LogP contribution in [0.25, 0.3) is 11.3 Å². The molecule has 0 N–H and O–H groups in total. The van der Waals surface area contributed by atoms with E-state index in [0.717, 1.165) is 16.8 Å². The molecule has 1 spiro atoms. The van der Waals surface area contributed by atoms with Crippen LogP contribution in [0.3, 0.4) is 0 Å². The third kappa shape index (κ3) is 2.89. The van der Waals surface area contributed by atoms with Crippen LogP contribution in [0.1, 0.15) is 12.5 Å². The summed E-state index contributed by atoms with van der Waals surface area (Å²) < 4.78 is 30.3. The van der Waals surface area contributed by atoms with E-state index in [-0.39, 0.29) is 11.2 Å². The predicted molar refractivity (Wildman–Crippen MR) is 107 cm³/mol. The summed E-state index contributed by atoms with van der Waals surface area (Å²) in [4.78, 5) is 11.4. The van der Waals surface area contributed by atoms with Crippen LogP contribution in [0.5, 0.6) is 0 Å². The fourth-order valence-corrected chi connectivity index (χ4v) is 4.74. The Morgan fingerprint density at radius 2 is 1.97 bits per heavy atom. The summed E-state index contributed by atoms with van der Waals surface area (Å²) in [5, 5.41) is 7.96. The van der Waals surface area contributed by atoms with Gasteiger partial charge in [0.1, 0.15) is 0 Å². The minimum absolute atomic E-state index is 0.0589. The zero-order valence-electron chi connectivity index (χ0n) is 15.8. The average Bonchev–Trinajstić information content (AvgIpc) is 3.10. The minimum Gasteiger partial charge on any atom is -0.379 e. The zero-order chi connectivity index (χ0) is 20.1. The Hall–Kier alpha value is -2.91. The summed E-state index contributed by atoms with van der Waals surface area (Å²) >= 11 is 0. The smallest absolute Gasteiger partial charge is 0.229 e. The van der Waals surface area contributed by atoms with Crippen molar-refractivity contribution in [3.63, 3.8) is 0 Å². The van der Waals surface area contributed by atoms with Crippen LogP contribution in [-0.2, 0) is 20.0 Å². The molecule has 2 aliphatic heterocycles. The van der Waals surface area contributed by atoms with Crippen LogP contribution in [0.2, 0.25) is 0 Å². The summed E-state index contributed by atoms with van der Waals surface area (Å²) in [7, 11) is -3.31. The maximum atomic E-state index is 12.4. The van der Waals surface area contributed by atoms with Gasteiger partial charge in [-0.2, -0.15) is 10.2 Å². The van der Waals surface area contributed by atoms with E-state index in [0.29, 0.717) is 36.3 Å². The minimum atomic E-state index is -3.31. The molecular formula is C20H19N5O3S. The first-order valence-electron chi connectivity index (χ1n) is 9.35. The van der Waals surface area contributed by atoms with Gasteiger partial charge < -0.3 is 9.64 Å². The lowest BCUT2D eigenvalue weighted by Gasteiger charge is -2.38. The van der Waals surface area contributed by atoms with E-state index in [4.69, 9.17) is 4.74 Å². The molecule has 0 bridgehead atoms. The number of ether oxygens (including phenoxy) is 1. The van der Waals surface area contributed by atoms with Crippen LogP contribution in [-0.4, -0.2) is 54.1 Å². The van der Waals surface area contributed by atoms with Crippen molar-refractivity contribution in [1.82, 2.24) is 20.2 Å². The molecule has 0 aliphatic carbocycles. The number of benzene rings is 1. The zero-order valence-corrected chi connectivity index (χ0v) is 16.6. The maximum Gasteiger partial charge on any atom is 0.229 e. The van der Waals surface area contributed by atoms with Gasteiger partial charge >= 0.3 is 0 Å². The molecule has 148 valence electrons. The first-order valence-corrected chi connectivity index (χ1v) is 11.0. The molecule has 0 unspecified atom stereocenters. The summed E-state index contributed by atoms with van der Waals surface area (Å²) in [6, 6.07) is 9.00. The standard InChI is InChI=1S/C20H19N5O3S/c1-2-29(26,27)15-5-6-16-18(8-15)25(11-20(16)12-28-13-20)19-21-9-14(10-22-19)17-4-3-7-23-24-17/h3-10H,2,11-13H2,1H3. The van der Waals surface area contributed by atoms with Crippen LogP contribution in [0.15, 0.2) is 53.8 Å². The fourth-order valence-electron chi connectivity index (χ4n) is 3.84. The number of sulfone groups is 1. The lowest BCUT2D eigenvalue weighted by molar-refractivity contribution is -0.0507. The first kappa shape index (κ1) is 18.1. The van der Waals surface area contributed by atoms with Gasteiger partial charge in [0.15, 0.2) is 9.84 Å². The van der Waals surface area contributed by atoms with Gasteiger partial charge in [0, 0.05) is 36.4 Å². The Bertz CT molecular complexity index is 1160. The van der Waals surface area contributed by atoms with Crippen LogP contribution in [0, 0.1) is 0 Å². The highest BCUT2D eigenvalue weighted by atomic mass is 32.2. The van der Waals surface area contributed by atoms with Gasteiger partial charge in [0.25, 0.3) is 0 Å². The molecule has 5 rings (SSSR count). The molecule has 0 atom stereocenters. The summed E-state index contributed by atoms with van der Waals surface area (Å²) in [6.07, 6.45) is 5.03. The highest BCUT2D eigenvalue weighted by Crippen LogP contribution is 2.48. The molecule has 1 fully saturated rings. The first-order chi connectivity index (χ1) is 14.0. The third-order valence-corrected chi connectivity index (χ3v) is 7.27. The third-order valence-electron chi connectivity index (χ3n) is 5.54. The molecule has 9 heteroatoms. The van der Waals surface area contributed by atoms with Crippen LogP contribution >= 0.6 is 0 Å². The molecule has 1 saturated heterocycles. The second-order valence-electron chi connectivity index (χ2n) is 7.32. The van der Waals surface area contributed by atoms with Gasteiger partial charge in [-0.05, 0) is 29.8 Å². The number of fused-ring (bicyclic) bond motifs is 2. The van der Waals surface area contributed by atoms with E-state index < -0.39 is 9.84 Å². The quantitative estimate of drug-likeness (QED) is 0.646.